The molecule has 0 aliphatic carbocycles. The number of nitrogens with two attached hydrogens (primary N) is 1. The maximum Gasteiger partial charge on any atom is 0.255 e. The van der Waals surface area contributed by atoms with E-state index in [0.29, 0.717) is 28.3 Å². The van der Waals surface area contributed by atoms with E-state index in [0.717, 1.165) is 0 Å². The minimum Gasteiger partial charge on any atom is -0.398 e. The van der Waals surface area contributed by atoms with E-state index in [1.165, 1.54) is 4.90 Å². The Morgan fingerprint density at radius 1 is 1.30 bits per heavy atom. The summed E-state index contributed by atoms with van der Waals surface area (Å²) in [6.45, 7) is 0.267. The van der Waals surface area contributed by atoms with E-state index in [1.54, 1.807) is 12.1 Å². The number of hydrogen-bond donors (Lipinski definition) is 2. The number of carbonyl (C=O) groups is 3. The van der Waals surface area contributed by atoms with Gasteiger partial charge >= 0.3 is 0 Å². The molecule has 1 saturated heterocycles. The Kier molecular flexibility index (Phi) is 2.90. The molecule has 20 heavy (non-hydrogen) atoms. The highest BCUT2D eigenvalue weighted by molar-refractivity contribution is 6.31. The van der Waals surface area contributed by atoms with Crippen LogP contribution in [0.3, 0.4) is 0 Å². The SMILES string of the molecule is Nc1cc(Cl)cc2c1CN(C1CCC(=O)NC1=O)C2=O. The predicted octanol–water partition coefficient (Wildman–Crippen LogP) is 0.683. The molecule has 1 aromatic carbocycles. The van der Waals surface area contributed by atoms with Gasteiger partial charge in [-0.2, -0.15) is 0 Å². The monoisotopic (exact) mass is 293 g/mol. The van der Waals surface area contributed by atoms with Crippen molar-refractivity contribution in [1.82, 2.24) is 10.2 Å². The lowest BCUT2D eigenvalue weighted by atomic mass is 10.0. The molecule has 2 aliphatic rings. The minimum atomic E-state index is -0.634. The lowest BCUT2D eigenvalue weighted by Gasteiger charge is -2.29. The van der Waals surface area contributed by atoms with Crippen molar-refractivity contribution in [3.63, 3.8) is 0 Å². The number of nitrogen functional groups attached to an aromatic ring is 1. The number of imide groups is 1. The van der Waals surface area contributed by atoms with Crippen molar-refractivity contribution in [2.75, 3.05) is 5.73 Å². The molecule has 7 heteroatoms. The molecule has 2 heterocycles. The molecule has 6 nitrogen and oxygen atoms in total. The van der Waals surface area contributed by atoms with Crippen molar-refractivity contribution in [3.05, 3.63) is 28.3 Å². The average molecular weight is 294 g/mol. The summed E-state index contributed by atoms with van der Waals surface area (Å²) in [5.41, 5.74) is 7.42. The molecule has 2 aliphatic heterocycles. The Morgan fingerprint density at radius 2 is 2.05 bits per heavy atom. The summed E-state index contributed by atoms with van der Waals surface area (Å²) < 4.78 is 0. The van der Waals surface area contributed by atoms with Crippen LogP contribution in [-0.4, -0.2) is 28.7 Å². The Bertz CT molecular complexity index is 644. The fraction of sp³-hybridized carbons (Fsp3) is 0.308. The van der Waals surface area contributed by atoms with Crippen LogP contribution >= 0.6 is 11.6 Å². The summed E-state index contributed by atoms with van der Waals surface area (Å²) in [6, 6.07) is 2.51. The van der Waals surface area contributed by atoms with Crippen LogP contribution in [0.25, 0.3) is 0 Å². The number of carbonyl (C=O) groups excluding carboxylic acids is 3. The van der Waals surface area contributed by atoms with Crippen molar-refractivity contribution in [2.24, 2.45) is 0 Å². The molecule has 1 atom stereocenters. The van der Waals surface area contributed by atoms with Gasteiger partial charge in [-0.3, -0.25) is 19.7 Å². The molecule has 0 aromatic heterocycles. The van der Waals surface area contributed by atoms with E-state index >= 15 is 0 Å². The van der Waals surface area contributed by atoms with Crippen LogP contribution in [-0.2, 0) is 16.1 Å². The van der Waals surface area contributed by atoms with E-state index in [2.05, 4.69) is 5.32 Å². The van der Waals surface area contributed by atoms with Gasteiger partial charge in [-0.1, -0.05) is 11.6 Å². The number of nitrogens with one attached hydrogen (secondary N) is 1. The molecular weight excluding hydrogens is 282 g/mol. The van der Waals surface area contributed by atoms with E-state index in [9.17, 15) is 14.4 Å². The fourth-order valence-electron chi connectivity index (χ4n) is 2.65. The number of anilines is 1. The second-order valence-electron chi connectivity index (χ2n) is 4.92. The van der Waals surface area contributed by atoms with E-state index in [4.69, 9.17) is 17.3 Å². The molecule has 0 spiro atoms. The standard InChI is InChI=1S/C13H12ClN3O3/c14-6-3-7-8(9(15)4-6)5-17(13(7)20)10-1-2-11(18)16-12(10)19/h3-4,10H,1-2,5,15H2,(H,16,18,19). The van der Waals surface area contributed by atoms with Crippen LogP contribution in [0.4, 0.5) is 5.69 Å². The number of amides is 3. The van der Waals surface area contributed by atoms with Gasteiger partial charge in [-0.15, -0.1) is 0 Å². The van der Waals surface area contributed by atoms with Gasteiger partial charge in [0.2, 0.25) is 11.8 Å². The van der Waals surface area contributed by atoms with Crippen LogP contribution in [0, 0.1) is 0 Å². The molecule has 0 saturated carbocycles. The second-order valence-corrected chi connectivity index (χ2v) is 5.36. The molecule has 3 amide bonds. The van der Waals surface area contributed by atoms with Crippen molar-refractivity contribution < 1.29 is 14.4 Å². The van der Waals surface area contributed by atoms with Gasteiger partial charge in [0.25, 0.3) is 5.91 Å². The Morgan fingerprint density at radius 3 is 2.75 bits per heavy atom. The van der Waals surface area contributed by atoms with Gasteiger partial charge < -0.3 is 10.6 Å². The van der Waals surface area contributed by atoms with Gasteiger partial charge in [-0.25, -0.2) is 0 Å². The molecule has 3 rings (SSSR count). The largest absolute Gasteiger partial charge is 0.398 e. The zero-order valence-electron chi connectivity index (χ0n) is 10.5. The number of nitrogens with zero attached hydrogens (tertiary/aromatic N) is 1. The molecule has 0 bridgehead atoms. The van der Waals surface area contributed by atoms with Gasteiger partial charge in [0, 0.05) is 34.8 Å². The van der Waals surface area contributed by atoms with Crippen molar-refractivity contribution >= 4 is 35.0 Å². The zero-order chi connectivity index (χ0) is 14.4. The second kappa shape index (κ2) is 4.49. The molecular formula is C13H12ClN3O3. The third-order valence-corrected chi connectivity index (χ3v) is 3.87. The Labute approximate surface area is 119 Å². The molecule has 1 unspecified atom stereocenters. The maximum absolute atomic E-state index is 12.4. The highest BCUT2D eigenvalue weighted by Crippen LogP contribution is 2.33. The predicted molar refractivity (Wildman–Crippen MR) is 71.9 cm³/mol. The first-order valence-corrected chi connectivity index (χ1v) is 6.57. The molecule has 1 aromatic rings. The first-order chi connectivity index (χ1) is 9.47. The highest BCUT2D eigenvalue weighted by Gasteiger charge is 2.39. The van der Waals surface area contributed by atoms with E-state index in [1.807, 2.05) is 0 Å². The summed E-state index contributed by atoms with van der Waals surface area (Å²) >= 11 is 5.90. The number of halogens is 1. The minimum absolute atomic E-state index is 0.229. The van der Waals surface area contributed by atoms with Crippen LogP contribution in [0.1, 0.15) is 28.8 Å². The first-order valence-electron chi connectivity index (χ1n) is 6.20. The van der Waals surface area contributed by atoms with E-state index in [-0.39, 0.29) is 24.8 Å². The maximum atomic E-state index is 12.4. The summed E-state index contributed by atoms with van der Waals surface area (Å²) in [5, 5.41) is 2.64. The smallest absolute Gasteiger partial charge is 0.255 e. The highest BCUT2D eigenvalue weighted by atomic mass is 35.5. The van der Waals surface area contributed by atoms with Gasteiger partial charge in [0.15, 0.2) is 0 Å². The summed E-state index contributed by atoms with van der Waals surface area (Å²) in [7, 11) is 0. The Balaban J connectivity index is 1.92. The number of hydrogen-bond acceptors (Lipinski definition) is 4. The number of benzene rings is 1. The van der Waals surface area contributed by atoms with Crippen molar-refractivity contribution in [1.29, 1.82) is 0 Å². The topological polar surface area (TPSA) is 92.5 Å². The fourth-order valence-corrected chi connectivity index (χ4v) is 2.88. The molecule has 104 valence electrons. The molecule has 1 fully saturated rings. The van der Waals surface area contributed by atoms with Gasteiger partial charge in [-0.05, 0) is 18.6 Å². The third-order valence-electron chi connectivity index (χ3n) is 3.66. The lowest BCUT2D eigenvalue weighted by Crippen LogP contribution is -2.52. The van der Waals surface area contributed by atoms with Crippen LogP contribution in [0.5, 0.6) is 0 Å². The van der Waals surface area contributed by atoms with E-state index < -0.39 is 11.9 Å². The van der Waals surface area contributed by atoms with Gasteiger partial charge in [0.05, 0.1) is 0 Å². The summed E-state index contributed by atoms with van der Waals surface area (Å²) in [5.74, 6) is -1.02. The van der Waals surface area contributed by atoms with Crippen LogP contribution in [0.15, 0.2) is 12.1 Å². The first kappa shape index (κ1) is 12.9. The Hall–Kier alpha value is -2.08. The van der Waals surface area contributed by atoms with Crippen molar-refractivity contribution in [2.45, 2.75) is 25.4 Å². The lowest BCUT2D eigenvalue weighted by molar-refractivity contribution is -0.136. The van der Waals surface area contributed by atoms with Crippen molar-refractivity contribution in [3.8, 4) is 0 Å². The third kappa shape index (κ3) is 1.92. The van der Waals surface area contributed by atoms with Crippen LogP contribution < -0.4 is 11.1 Å². The van der Waals surface area contributed by atoms with Crippen LogP contribution in [0.2, 0.25) is 5.02 Å². The number of fused-ring (bicyclic) bond motifs is 1. The van der Waals surface area contributed by atoms with Gasteiger partial charge in [0.1, 0.15) is 6.04 Å². The number of rotatable bonds is 1. The molecule has 3 N–H and O–H groups in total. The molecule has 0 radical (unpaired) electrons. The average Bonchev–Trinajstić information content (AvgIpc) is 2.68. The number of piperidine rings is 1. The normalized spacial score (nSPS) is 21.9. The summed E-state index contributed by atoms with van der Waals surface area (Å²) in [4.78, 5) is 36.8. The summed E-state index contributed by atoms with van der Waals surface area (Å²) in [6.07, 6.45) is 0.560. The quantitative estimate of drug-likeness (QED) is 0.588. The zero-order valence-corrected chi connectivity index (χ0v) is 11.2.